The number of hydrogen-bond donors (Lipinski definition) is 1. The molecule has 3 aromatic carbocycles. The van der Waals surface area contributed by atoms with Gasteiger partial charge in [-0.15, -0.1) is 0 Å². The molecular weight excluding hydrogens is 418 g/mol. The van der Waals surface area contributed by atoms with Gasteiger partial charge >= 0.3 is 0 Å². The summed E-state index contributed by atoms with van der Waals surface area (Å²) >= 11 is 0. The molecule has 1 saturated heterocycles. The highest BCUT2D eigenvalue weighted by molar-refractivity contribution is 6.17. The average Bonchev–Trinajstić information content (AvgIpc) is 2.76. The van der Waals surface area contributed by atoms with E-state index in [1.165, 1.54) is 61.6 Å². The first-order chi connectivity index (χ1) is 15.4. The molecule has 4 rings (SSSR count). The second kappa shape index (κ2) is 8.30. The molecule has 164 valence electrons. The Bertz CT molecular complexity index is 1200. The van der Waals surface area contributed by atoms with Gasteiger partial charge in [-0.3, -0.25) is 14.5 Å². The number of rotatable bonds is 6. The lowest BCUT2D eigenvalue weighted by atomic mass is 9.75. The van der Waals surface area contributed by atoms with Crippen molar-refractivity contribution >= 4 is 23.2 Å². The van der Waals surface area contributed by atoms with Crippen molar-refractivity contribution in [1.82, 2.24) is 0 Å². The molecule has 6 nitrogen and oxygen atoms in total. The summed E-state index contributed by atoms with van der Waals surface area (Å²) in [6.45, 7) is 0. The molecule has 1 fully saturated rings. The zero-order chi connectivity index (χ0) is 22.9. The number of methoxy groups -OCH3 is 2. The summed E-state index contributed by atoms with van der Waals surface area (Å²) in [4.78, 5) is 27.6. The van der Waals surface area contributed by atoms with Crippen molar-refractivity contribution < 1.29 is 27.8 Å². The Balaban J connectivity index is 1.85. The second-order valence-electron chi connectivity index (χ2n) is 7.28. The lowest BCUT2D eigenvalue weighted by Crippen LogP contribution is -2.67. The fourth-order valence-corrected chi connectivity index (χ4v) is 3.92. The maximum Gasteiger partial charge on any atom is 0.255 e. The topological polar surface area (TPSA) is 67.9 Å². The van der Waals surface area contributed by atoms with E-state index in [2.05, 4.69) is 5.32 Å². The molecule has 0 aliphatic carbocycles. The highest BCUT2D eigenvalue weighted by Crippen LogP contribution is 2.47. The van der Waals surface area contributed by atoms with E-state index in [0.717, 1.165) is 0 Å². The zero-order valence-electron chi connectivity index (χ0n) is 17.4. The predicted octanol–water partition coefficient (Wildman–Crippen LogP) is 4.25. The largest absolute Gasteiger partial charge is 0.493 e. The van der Waals surface area contributed by atoms with E-state index < -0.39 is 23.1 Å². The van der Waals surface area contributed by atoms with Crippen LogP contribution in [0.5, 0.6) is 11.5 Å². The Morgan fingerprint density at radius 3 is 2.25 bits per heavy atom. The van der Waals surface area contributed by atoms with Gasteiger partial charge in [-0.25, -0.2) is 8.78 Å². The summed E-state index contributed by atoms with van der Waals surface area (Å²) in [5, 5.41) is 2.69. The number of amides is 2. The lowest BCUT2D eigenvalue weighted by molar-refractivity contribution is -0.137. The van der Waals surface area contributed by atoms with E-state index in [0.29, 0.717) is 17.1 Å². The van der Waals surface area contributed by atoms with E-state index in [9.17, 15) is 18.4 Å². The van der Waals surface area contributed by atoms with Crippen LogP contribution < -0.4 is 19.7 Å². The van der Waals surface area contributed by atoms with Crippen LogP contribution >= 0.6 is 0 Å². The van der Waals surface area contributed by atoms with Crippen LogP contribution in [0.3, 0.4) is 0 Å². The fourth-order valence-electron chi connectivity index (χ4n) is 3.92. The third-order valence-electron chi connectivity index (χ3n) is 5.42. The molecule has 0 bridgehead atoms. The molecule has 1 N–H and O–H groups in total. The SMILES string of the molecule is COc1ccc(C2(C(=O)Nc3cccc(F)c3)CC(=O)N2c2cccc(F)c2)cc1OC. The number of nitrogens with one attached hydrogen (secondary N) is 1. The quantitative estimate of drug-likeness (QED) is 0.585. The van der Waals surface area contributed by atoms with Gasteiger partial charge in [0.15, 0.2) is 17.0 Å². The van der Waals surface area contributed by atoms with Crippen LogP contribution in [-0.4, -0.2) is 26.0 Å². The first-order valence-electron chi connectivity index (χ1n) is 9.77. The van der Waals surface area contributed by atoms with Crippen LogP contribution in [-0.2, 0) is 15.1 Å². The molecule has 2 amide bonds. The number of benzene rings is 3. The van der Waals surface area contributed by atoms with Gasteiger partial charge in [-0.05, 0) is 54.1 Å². The third kappa shape index (κ3) is 3.53. The number of anilines is 2. The maximum absolute atomic E-state index is 14.0. The van der Waals surface area contributed by atoms with Gasteiger partial charge in [-0.2, -0.15) is 0 Å². The number of halogens is 2. The van der Waals surface area contributed by atoms with E-state index in [4.69, 9.17) is 9.47 Å². The smallest absolute Gasteiger partial charge is 0.255 e. The summed E-state index contributed by atoms with van der Waals surface area (Å²) in [6.07, 6.45) is -0.167. The molecule has 3 aromatic rings. The third-order valence-corrected chi connectivity index (χ3v) is 5.42. The van der Waals surface area contributed by atoms with Crippen molar-refractivity contribution in [1.29, 1.82) is 0 Å². The number of carbonyl (C=O) groups excluding carboxylic acids is 2. The molecule has 1 heterocycles. The van der Waals surface area contributed by atoms with Crippen LogP contribution in [0, 0.1) is 11.6 Å². The first-order valence-corrected chi connectivity index (χ1v) is 9.77. The summed E-state index contributed by atoms with van der Waals surface area (Å²) in [5.41, 5.74) is -0.608. The minimum absolute atomic E-state index is 0.167. The normalized spacial score (nSPS) is 17.5. The lowest BCUT2D eigenvalue weighted by Gasteiger charge is -2.50. The molecule has 32 heavy (non-hydrogen) atoms. The molecule has 1 aliphatic rings. The van der Waals surface area contributed by atoms with Crippen LogP contribution in [0.25, 0.3) is 0 Å². The van der Waals surface area contributed by atoms with E-state index in [1.54, 1.807) is 24.3 Å². The van der Waals surface area contributed by atoms with Gasteiger partial charge in [0, 0.05) is 11.4 Å². The van der Waals surface area contributed by atoms with Crippen LogP contribution in [0.2, 0.25) is 0 Å². The molecule has 0 radical (unpaired) electrons. The van der Waals surface area contributed by atoms with Crippen molar-refractivity contribution in [3.63, 3.8) is 0 Å². The Morgan fingerprint density at radius 2 is 1.62 bits per heavy atom. The van der Waals surface area contributed by atoms with E-state index >= 15 is 0 Å². The molecule has 8 heteroatoms. The number of nitrogens with zero attached hydrogens (tertiary/aromatic N) is 1. The van der Waals surface area contributed by atoms with Crippen molar-refractivity contribution in [2.75, 3.05) is 24.4 Å². The summed E-state index contributed by atoms with van der Waals surface area (Å²) in [6, 6.07) is 15.7. The zero-order valence-corrected chi connectivity index (χ0v) is 17.4. The molecule has 1 aliphatic heterocycles. The van der Waals surface area contributed by atoms with Gasteiger partial charge in [0.2, 0.25) is 5.91 Å². The van der Waals surface area contributed by atoms with Gasteiger partial charge < -0.3 is 14.8 Å². The Morgan fingerprint density at radius 1 is 0.938 bits per heavy atom. The first kappa shape index (κ1) is 21.3. The molecule has 0 spiro atoms. The Labute approximate surface area is 183 Å². The van der Waals surface area contributed by atoms with Crippen LogP contribution in [0.15, 0.2) is 66.7 Å². The Kier molecular flexibility index (Phi) is 5.52. The fraction of sp³-hybridized carbons (Fsp3) is 0.167. The Hall–Kier alpha value is -3.94. The van der Waals surface area contributed by atoms with Gasteiger partial charge in [0.25, 0.3) is 5.91 Å². The number of β-lactam (4-membered cyclic amide) rings is 1. The minimum atomic E-state index is -1.50. The van der Waals surface area contributed by atoms with Crippen molar-refractivity contribution in [3.05, 3.63) is 83.9 Å². The van der Waals surface area contributed by atoms with Gasteiger partial charge in [-0.1, -0.05) is 18.2 Å². The number of hydrogen-bond acceptors (Lipinski definition) is 4. The summed E-state index contributed by atoms with van der Waals surface area (Å²) in [5.74, 6) is -1.19. The molecule has 0 aromatic heterocycles. The van der Waals surface area contributed by atoms with E-state index in [1.807, 2.05) is 0 Å². The van der Waals surface area contributed by atoms with Crippen LogP contribution in [0.1, 0.15) is 12.0 Å². The van der Waals surface area contributed by atoms with E-state index in [-0.39, 0.29) is 23.7 Å². The predicted molar refractivity (Wildman–Crippen MR) is 115 cm³/mol. The maximum atomic E-state index is 14.0. The number of ether oxygens (including phenoxy) is 2. The molecule has 1 atom stereocenters. The summed E-state index contributed by atoms with van der Waals surface area (Å²) in [7, 11) is 2.94. The highest BCUT2D eigenvalue weighted by Gasteiger charge is 2.58. The minimum Gasteiger partial charge on any atom is -0.493 e. The summed E-state index contributed by atoms with van der Waals surface area (Å²) < 4.78 is 38.3. The standard InChI is InChI=1S/C24H20F2N2O4/c1-31-20-10-9-15(11-21(20)32-2)24(23(30)27-18-7-3-5-16(25)12-18)14-22(29)28(24)19-8-4-6-17(26)13-19/h3-13H,14H2,1-2H3,(H,27,30). The highest BCUT2D eigenvalue weighted by atomic mass is 19.1. The van der Waals surface area contributed by atoms with Gasteiger partial charge in [0.1, 0.15) is 11.6 Å². The van der Waals surface area contributed by atoms with Crippen molar-refractivity contribution in [3.8, 4) is 11.5 Å². The molecule has 1 unspecified atom stereocenters. The number of carbonyl (C=O) groups is 2. The molecule has 0 saturated carbocycles. The monoisotopic (exact) mass is 438 g/mol. The average molecular weight is 438 g/mol. The van der Waals surface area contributed by atoms with Gasteiger partial charge in [0.05, 0.1) is 20.6 Å². The second-order valence-corrected chi connectivity index (χ2v) is 7.28. The van der Waals surface area contributed by atoms with Crippen molar-refractivity contribution in [2.24, 2.45) is 0 Å². The molecular formula is C24H20F2N2O4. The van der Waals surface area contributed by atoms with Crippen molar-refractivity contribution in [2.45, 2.75) is 12.0 Å². The van der Waals surface area contributed by atoms with Crippen LogP contribution in [0.4, 0.5) is 20.2 Å².